The number of nitrogens with zero attached hydrogens (tertiary/aromatic N) is 1. The number of rotatable bonds is 5. The molecule has 2 aromatic carbocycles. The summed E-state index contributed by atoms with van der Waals surface area (Å²) in [4.78, 5) is 26.2. The minimum Gasteiger partial charge on any atom is -0.493 e. The number of ether oxygens (including phenoxy) is 2. The van der Waals surface area contributed by atoms with Gasteiger partial charge >= 0.3 is 0 Å². The van der Waals surface area contributed by atoms with Gasteiger partial charge in [0.05, 0.1) is 20.6 Å². The van der Waals surface area contributed by atoms with Gasteiger partial charge in [-0.15, -0.1) is 0 Å². The van der Waals surface area contributed by atoms with E-state index in [1.54, 1.807) is 36.3 Å². The highest BCUT2D eigenvalue weighted by molar-refractivity contribution is 6.06. The quantitative estimate of drug-likeness (QED) is 0.909. The van der Waals surface area contributed by atoms with Crippen molar-refractivity contribution in [1.29, 1.82) is 0 Å². The van der Waals surface area contributed by atoms with Crippen LogP contribution in [0.1, 0.15) is 22.8 Å². The molecule has 2 amide bonds. The van der Waals surface area contributed by atoms with E-state index >= 15 is 0 Å². The summed E-state index contributed by atoms with van der Waals surface area (Å²) in [5.74, 6) is 0.890. The zero-order chi connectivity index (χ0) is 18.0. The van der Waals surface area contributed by atoms with E-state index in [4.69, 9.17) is 9.47 Å². The number of carbonyl (C=O) groups excluding carboxylic acids is 2. The summed E-state index contributed by atoms with van der Waals surface area (Å²) in [5.41, 5.74) is 2.96. The molecule has 0 atom stereocenters. The SMILES string of the molecule is CCN1C(=O)Cc2cc(NC(=O)c3ccc(OC)c(OC)c3)ccc21. The van der Waals surface area contributed by atoms with Crippen LogP contribution in [0.5, 0.6) is 11.5 Å². The smallest absolute Gasteiger partial charge is 0.255 e. The van der Waals surface area contributed by atoms with Gasteiger partial charge in [0.15, 0.2) is 11.5 Å². The monoisotopic (exact) mass is 340 g/mol. The lowest BCUT2D eigenvalue weighted by Gasteiger charge is -2.15. The highest BCUT2D eigenvalue weighted by atomic mass is 16.5. The van der Waals surface area contributed by atoms with E-state index in [1.165, 1.54) is 7.11 Å². The molecule has 0 spiro atoms. The van der Waals surface area contributed by atoms with E-state index < -0.39 is 0 Å². The van der Waals surface area contributed by atoms with Crippen molar-refractivity contribution in [3.05, 3.63) is 47.5 Å². The minimum absolute atomic E-state index is 0.0841. The molecule has 0 radical (unpaired) electrons. The Labute approximate surface area is 146 Å². The number of anilines is 2. The number of fused-ring (bicyclic) bond motifs is 1. The van der Waals surface area contributed by atoms with Gasteiger partial charge < -0.3 is 19.7 Å². The lowest BCUT2D eigenvalue weighted by Crippen LogP contribution is -2.25. The van der Waals surface area contributed by atoms with Crippen molar-refractivity contribution < 1.29 is 19.1 Å². The second-order valence-electron chi connectivity index (χ2n) is 5.68. The first-order valence-corrected chi connectivity index (χ1v) is 8.04. The Balaban J connectivity index is 1.80. The molecule has 3 rings (SSSR count). The molecule has 2 aromatic rings. The maximum Gasteiger partial charge on any atom is 0.255 e. The third-order valence-electron chi connectivity index (χ3n) is 4.23. The van der Waals surface area contributed by atoms with Crippen LogP contribution in [0.4, 0.5) is 11.4 Å². The second-order valence-corrected chi connectivity index (χ2v) is 5.68. The Kier molecular flexibility index (Phi) is 4.61. The van der Waals surface area contributed by atoms with Gasteiger partial charge in [-0.05, 0) is 48.9 Å². The molecule has 6 nitrogen and oxygen atoms in total. The third kappa shape index (κ3) is 3.15. The van der Waals surface area contributed by atoms with Crippen LogP contribution in [0.25, 0.3) is 0 Å². The highest BCUT2D eigenvalue weighted by Gasteiger charge is 2.26. The van der Waals surface area contributed by atoms with Crippen LogP contribution in [-0.2, 0) is 11.2 Å². The standard InChI is InChI=1S/C19H20N2O4/c1-4-21-15-7-6-14(9-13(15)11-18(21)22)20-19(23)12-5-8-16(24-2)17(10-12)25-3/h5-10H,4,11H2,1-3H3,(H,20,23). The van der Waals surface area contributed by atoms with Crippen molar-refractivity contribution in [2.24, 2.45) is 0 Å². The molecule has 25 heavy (non-hydrogen) atoms. The van der Waals surface area contributed by atoms with Gasteiger partial charge in [-0.2, -0.15) is 0 Å². The number of likely N-dealkylation sites (N-methyl/N-ethyl adjacent to an activating group) is 1. The molecule has 0 aromatic heterocycles. The van der Waals surface area contributed by atoms with Gasteiger partial charge in [0, 0.05) is 23.5 Å². The molecule has 1 N–H and O–H groups in total. The molecule has 1 aliphatic rings. The molecule has 0 saturated heterocycles. The zero-order valence-electron chi connectivity index (χ0n) is 14.5. The number of benzene rings is 2. The van der Waals surface area contributed by atoms with E-state index in [9.17, 15) is 9.59 Å². The molecule has 130 valence electrons. The van der Waals surface area contributed by atoms with E-state index in [0.29, 0.717) is 35.7 Å². The molecule has 0 bridgehead atoms. The molecule has 0 fully saturated rings. The molecule has 0 saturated carbocycles. The fourth-order valence-corrected chi connectivity index (χ4v) is 2.99. The van der Waals surface area contributed by atoms with Gasteiger partial charge in [-0.3, -0.25) is 9.59 Å². The van der Waals surface area contributed by atoms with Crippen LogP contribution < -0.4 is 19.7 Å². The maximum atomic E-state index is 12.5. The van der Waals surface area contributed by atoms with Crippen LogP contribution in [0.3, 0.4) is 0 Å². The molecule has 0 unspecified atom stereocenters. The number of nitrogens with one attached hydrogen (secondary N) is 1. The van der Waals surface area contributed by atoms with E-state index in [2.05, 4.69) is 5.32 Å². The first-order chi connectivity index (χ1) is 12.1. The highest BCUT2D eigenvalue weighted by Crippen LogP contribution is 2.32. The van der Waals surface area contributed by atoms with Crippen molar-refractivity contribution in [2.45, 2.75) is 13.3 Å². The van der Waals surface area contributed by atoms with Crippen molar-refractivity contribution in [3.8, 4) is 11.5 Å². The Bertz CT molecular complexity index is 832. The van der Waals surface area contributed by atoms with Gasteiger partial charge in [0.25, 0.3) is 5.91 Å². The second kappa shape index (κ2) is 6.84. The topological polar surface area (TPSA) is 67.9 Å². The first-order valence-electron chi connectivity index (χ1n) is 8.04. The Morgan fingerprint density at radius 3 is 2.56 bits per heavy atom. The fraction of sp³-hybridized carbons (Fsp3) is 0.263. The Morgan fingerprint density at radius 2 is 1.88 bits per heavy atom. The number of hydrogen-bond acceptors (Lipinski definition) is 4. The molecular formula is C19H20N2O4. The third-order valence-corrected chi connectivity index (χ3v) is 4.23. The number of amides is 2. The van der Waals surface area contributed by atoms with Crippen LogP contribution >= 0.6 is 0 Å². The van der Waals surface area contributed by atoms with Crippen molar-refractivity contribution in [3.63, 3.8) is 0 Å². The van der Waals surface area contributed by atoms with Crippen molar-refractivity contribution in [2.75, 3.05) is 31.0 Å². The van der Waals surface area contributed by atoms with Crippen molar-refractivity contribution >= 4 is 23.2 Å². The molecule has 6 heteroatoms. The maximum absolute atomic E-state index is 12.5. The fourth-order valence-electron chi connectivity index (χ4n) is 2.99. The Hall–Kier alpha value is -3.02. The lowest BCUT2D eigenvalue weighted by molar-refractivity contribution is -0.117. The summed E-state index contributed by atoms with van der Waals surface area (Å²) in [6.07, 6.45) is 0.364. The average molecular weight is 340 g/mol. The summed E-state index contributed by atoms with van der Waals surface area (Å²) in [5, 5.41) is 2.86. The Morgan fingerprint density at radius 1 is 1.12 bits per heavy atom. The normalized spacial score (nSPS) is 12.8. The van der Waals surface area contributed by atoms with Crippen molar-refractivity contribution in [1.82, 2.24) is 0 Å². The van der Waals surface area contributed by atoms with Gasteiger partial charge in [0.2, 0.25) is 5.91 Å². The van der Waals surface area contributed by atoms with Crippen LogP contribution in [0.15, 0.2) is 36.4 Å². The molecule has 1 heterocycles. The van der Waals surface area contributed by atoms with Gasteiger partial charge in [-0.1, -0.05) is 0 Å². The van der Waals surface area contributed by atoms with Gasteiger partial charge in [0.1, 0.15) is 0 Å². The molecular weight excluding hydrogens is 320 g/mol. The average Bonchev–Trinajstić information content (AvgIpc) is 2.95. The summed E-state index contributed by atoms with van der Waals surface area (Å²) < 4.78 is 10.4. The zero-order valence-corrected chi connectivity index (χ0v) is 14.5. The van der Waals surface area contributed by atoms with E-state index in [0.717, 1.165) is 11.3 Å². The lowest BCUT2D eigenvalue weighted by atomic mass is 10.1. The van der Waals surface area contributed by atoms with Crippen LogP contribution in [-0.4, -0.2) is 32.6 Å². The van der Waals surface area contributed by atoms with E-state index in [-0.39, 0.29) is 11.8 Å². The predicted octanol–water partition coefficient (Wildman–Crippen LogP) is 2.87. The number of hydrogen-bond donors (Lipinski definition) is 1. The van der Waals surface area contributed by atoms with Gasteiger partial charge in [-0.25, -0.2) is 0 Å². The first kappa shape index (κ1) is 16.8. The summed E-state index contributed by atoms with van der Waals surface area (Å²) in [6, 6.07) is 10.5. The predicted molar refractivity (Wildman–Crippen MR) is 95.7 cm³/mol. The minimum atomic E-state index is -0.252. The van der Waals surface area contributed by atoms with E-state index in [1.807, 2.05) is 19.1 Å². The largest absolute Gasteiger partial charge is 0.493 e. The van der Waals surface area contributed by atoms with Crippen LogP contribution in [0.2, 0.25) is 0 Å². The number of carbonyl (C=O) groups is 2. The summed E-state index contributed by atoms with van der Waals surface area (Å²) in [7, 11) is 3.07. The molecule has 1 aliphatic heterocycles. The summed E-state index contributed by atoms with van der Waals surface area (Å²) in [6.45, 7) is 2.59. The molecule has 0 aliphatic carbocycles. The summed E-state index contributed by atoms with van der Waals surface area (Å²) >= 11 is 0. The van der Waals surface area contributed by atoms with Crippen LogP contribution in [0, 0.1) is 0 Å². The number of methoxy groups -OCH3 is 2.